The van der Waals surface area contributed by atoms with Crippen molar-refractivity contribution in [2.24, 2.45) is 0 Å². The van der Waals surface area contributed by atoms with Crippen molar-refractivity contribution in [2.45, 2.75) is 6.54 Å². The number of carbonyl (C=O) groups excluding carboxylic acids is 2. The van der Waals surface area contributed by atoms with Gasteiger partial charge in [0.1, 0.15) is 0 Å². The second-order valence-electron chi connectivity index (χ2n) is 5.13. The van der Waals surface area contributed by atoms with Crippen molar-refractivity contribution >= 4 is 46.7 Å². The molecule has 0 unspecified atom stereocenters. The molecule has 23 heavy (non-hydrogen) atoms. The van der Waals surface area contributed by atoms with Gasteiger partial charge in [0.05, 0.1) is 12.3 Å². The minimum Gasteiger partial charge on any atom is -0.273 e. The Morgan fingerprint density at radius 1 is 1.04 bits per heavy atom. The van der Waals surface area contributed by atoms with Gasteiger partial charge in [-0.25, -0.2) is 0 Å². The molecule has 3 rings (SSSR count). The largest absolute Gasteiger partial charge is 0.289 e. The van der Waals surface area contributed by atoms with Gasteiger partial charge >= 0.3 is 0 Å². The normalized spacial score (nSPS) is 14.9. The first-order chi connectivity index (χ1) is 11.1. The molecule has 0 saturated carbocycles. The molecule has 0 radical (unpaired) electrons. The number of benzene rings is 2. The van der Waals surface area contributed by atoms with Gasteiger partial charge in [0.15, 0.2) is 0 Å². The minimum absolute atomic E-state index is 0.123. The molecule has 0 bridgehead atoms. The van der Waals surface area contributed by atoms with Crippen molar-refractivity contribution < 1.29 is 9.59 Å². The van der Waals surface area contributed by atoms with E-state index in [4.69, 9.17) is 11.6 Å². The highest BCUT2D eigenvalue weighted by molar-refractivity contribution is 8.14. The molecule has 0 N–H and O–H groups in total. The van der Waals surface area contributed by atoms with Crippen molar-refractivity contribution in [1.82, 2.24) is 4.90 Å². The van der Waals surface area contributed by atoms with Crippen LogP contribution in [0.3, 0.4) is 0 Å². The molecule has 2 aromatic carbocycles. The minimum atomic E-state index is -0.169. The molecule has 2 aromatic rings. The number of carbonyl (C=O) groups is 2. The molecule has 1 aliphatic rings. The van der Waals surface area contributed by atoms with Crippen LogP contribution < -0.4 is 0 Å². The summed E-state index contributed by atoms with van der Waals surface area (Å²) < 4.78 is 0. The third-order valence-corrected chi connectivity index (χ3v) is 4.72. The third-order valence-electron chi connectivity index (χ3n) is 3.52. The Kier molecular flexibility index (Phi) is 4.84. The highest BCUT2D eigenvalue weighted by Gasteiger charge is 2.29. The van der Waals surface area contributed by atoms with Gasteiger partial charge in [0.2, 0.25) is 5.91 Å². The molecule has 1 heterocycles. The smallest absolute Gasteiger partial charge is 0.273 e. The molecule has 0 aliphatic carbocycles. The Bertz CT molecular complexity index is 755. The van der Waals surface area contributed by atoms with Gasteiger partial charge in [-0.1, -0.05) is 78.0 Å². The van der Waals surface area contributed by atoms with E-state index in [1.807, 2.05) is 60.7 Å². The first kappa shape index (κ1) is 15.8. The van der Waals surface area contributed by atoms with E-state index in [9.17, 15) is 9.59 Å². The molecule has 1 fully saturated rings. The van der Waals surface area contributed by atoms with Gasteiger partial charge in [-0.15, -0.1) is 0 Å². The van der Waals surface area contributed by atoms with Crippen molar-refractivity contribution in [3.05, 3.63) is 70.2 Å². The fraction of sp³-hybridized carbons (Fsp3) is 0.111. The number of nitrogens with zero attached hydrogens (tertiary/aromatic N) is 1. The van der Waals surface area contributed by atoms with Crippen LogP contribution in [0.15, 0.2) is 48.5 Å². The maximum Gasteiger partial charge on any atom is 0.289 e. The Hall–Kier alpha value is -2.04. The Balaban J connectivity index is 1.69. The van der Waals surface area contributed by atoms with Crippen molar-refractivity contribution in [2.75, 3.05) is 5.75 Å². The quantitative estimate of drug-likeness (QED) is 0.755. The highest BCUT2D eigenvalue weighted by Crippen LogP contribution is 2.22. The van der Waals surface area contributed by atoms with Crippen LogP contribution in [-0.4, -0.2) is 21.8 Å². The monoisotopic (exact) mass is 343 g/mol. The van der Waals surface area contributed by atoms with E-state index >= 15 is 0 Å². The lowest BCUT2D eigenvalue weighted by Gasteiger charge is -2.12. The predicted molar refractivity (Wildman–Crippen MR) is 95.2 cm³/mol. The summed E-state index contributed by atoms with van der Waals surface area (Å²) in [6.45, 7) is 0.333. The zero-order valence-electron chi connectivity index (χ0n) is 12.2. The lowest BCUT2D eigenvalue weighted by molar-refractivity contribution is -0.125. The number of rotatable bonds is 4. The van der Waals surface area contributed by atoms with Crippen LogP contribution in [0, 0.1) is 0 Å². The van der Waals surface area contributed by atoms with Crippen molar-refractivity contribution in [3.8, 4) is 0 Å². The lowest BCUT2D eigenvalue weighted by atomic mass is 10.1. The molecule has 1 aliphatic heterocycles. The van der Waals surface area contributed by atoms with Crippen molar-refractivity contribution in [3.63, 3.8) is 0 Å². The van der Waals surface area contributed by atoms with Crippen LogP contribution in [-0.2, 0) is 11.3 Å². The predicted octanol–water partition coefficient (Wildman–Crippen LogP) is 4.71. The summed E-state index contributed by atoms with van der Waals surface area (Å²) in [5, 5.41) is 0.543. The van der Waals surface area contributed by atoms with Gasteiger partial charge < -0.3 is 0 Å². The summed E-state index contributed by atoms with van der Waals surface area (Å²) in [7, 11) is 0. The van der Waals surface area contributed by atoms with Crippen molar-refractivity contribution in [1.29, 1.82) is 0 Å². The van der Waals surface area contributed by atoms with Crippen LogP contribution in [0.25, 0.3) is 12.2 Å². The van der Waals surface area contributed by atoms with Gasteiger partial charge in [-0.3, -0.25) is 14.5 Å². The average molecular weight is 344 g/mol. The van der Waals surface area contributed by atoms with Gasteiger partial charge in [0.25, 0.3) is 5.24 Å². The first-order valence-electron chi connectivity index (χ1n) is 7.12. The second-order valence-corrected chi connectivity index (χ2v) is 6.46. The number of halogens is 1. The zero-order valence-corrected chi connectivity index (χ0v) is 13.8. The molecule has 3 nitrogen and oxygen atoms in total. The summed E-state index contributed by atoms with van der Waals surface area (Å²) in [5.41, 5.74) is 2.93. The van der Waals surface area contributed by atoms with E-state index in [2.05, 4.69) is 0 Å². The Morgan fingerprint density at radius 2 is 1.78 bits per heavy atom. The van der Waals surface area contributed by atoms with E-state index < -0.39 is 0 Å². The van der Waals surface area contributed by atoms with Crippen LogP contribution in [0.2, 0.25) is 5.02 Å². The van der Waals surface area contributed by atoms with Gasteiger partial charge in [0, 0.05) is 5.02 Å². The van der Waals surface area contributed by atoms with E-state index in [-0.39, 0.29) is 16.9 Å². The molecular formula is C18H14ClNO2S. The number of amides is 2. The van der Waals surface area contributed by atoms with E-state index in [1.165, 1.54) is 4.90 Å². The summed E-state index contributed by atoms with van der Waals surface area (Å²) in [6.07, 6.45) is 3.94. The lowest BCUT2D eigenvalue weighted by Crippen LogP contribution is -2.27. The summed E-state index contributed by atoms with van der Waals surface area (Å²) in [6, 6.07) is 15.4. The van der Waals surface area contributed by atoms with Crippen LogP contribution in [0.4, 0.5) is 4.79 Å². The molecule has 1 saturated heterocycles. The Labute approximate surface area is 143 Å². The second kappa shape index (κ2) is 7.02. The van der Waals surface area contributed by atoms with E-state index in [0.29, 0.717) is 11.6 Å². The number of hydrogen-bond acceptors (Lipinski definition) is 3. The standard InChI is InChI=1S/C18H14ClNO2S/c19-16-4-2-1-3-15(16)10-9-13-5-7-14(8-6-13)11-20-17(21)12-23-18(20)22/h1-10H,11-12H2. The Morgan fingerprint density at radius 3 is 2.43 bits per heavy atom. The number of imide groups is 1. The van der Waals surface area contributed by atoms with E-state index in [0.717, 1.165) is 28.5 Å². The van der Waals surface area contributed by atoms with E-state index in [1.54, 1.807) is 0 Å². The average Bonchev–Trinajstić information content (AvgIpc) is 2.87. The molecular weight excluding hydrogens is 330 g/mol. The number of hydrogen-bond donors (Lipinski definition) is 0. The summed E-state index contributed by atoms with van der Waals surface area (Å²) in [5.74, 6) is 0.125. The van der Waals surface area contributed by atoms with Crippen LogP contribution in [0.5, 0.6) is 0 Å². The molecule has 0 aromatic heterocycles. The van der Waals surface area contributed by atoms with Gasteiger partial charge in [-0.2, -0.15) is 0 Å². The third kappa shape index (κ3) is 3.84. The van der Waals surface area contributed by atoms with Crippen LogP contribution >= 0.6 is 23.4 Å². The highest BCUT2D eigenvalue weighted by atomic mass is 35.5. The molecule has 2 amide bonds. The molecule has 0 spiro atoms. The maximum absolute atomic E-state index is 11.6. The molecule has 5 heteroatoms. The maximum atomic E-state index is 11.6. The zero-order chi connectivity index (χ0) is 16.2. The molecule has 0 atom stereocenters. The SMILES string of the molecule is O=C1CSC(=O)N1Cc1ccc(C=Cc2ccccc2Cl)cc1. The fourth-order valence-corrected chi connectivity index (χ4v) is 3.17. The fourth-order valence-electron chi connectivity index (χ4n) is 2.25. The first-order valence-corrected chi connectivity index (χ1v) is 8.48. The number of thioether (sulfide) groups is 1. The van der Waals surface area contributed by atoms with Crippen LogP contribution in [0.1, 0.15) is 16.7 Å². The summed E-state index contributed by atoms with van der Waals surface area (Å²) in [4.78, 5) is 24.5. The summed E-state index contributed by atoms with van der Waals surface area (Å²) >= 11 is 7.17. The van der Waals surface area contributed by atoms with Gasteiger partial charge in [-0.05, 0) is 22.8 Å². The molecule has 116 valence electrons. The topological polar surface area (TPSA) is 37.4 Å².